The van der Waals surface area contributed by atoms with Gasteiger partial charge in [0.1, 0.15) is 5.54 Å². The minimum atomic E-state index is -0.523. The quantitative estimate of drug-likeness (QED) is 0.810. The lowest BCUT2D eigenvalue weighted by Crippen LogP contribution is -2.56. The second kappa shape index (κ2) is 6.47. The molecule has 2 fully saturated rings. The minimum Gasteiger partial charge on any atom is -0.468 e. The van der Waals surface area contributed by atoms with Crippen LogP contribution in [0.2, 0.25) is 0 Å². The van der Waals surface area contributed by atoms with E-state index in [9.17, 15) is 14.1 Å². The van der Waals surface area contributed by atoms with Gasteiger partial charge in [-0.3, -0.25) is 9.69 Å². The molecule has 24 heavy (non-hydrogen) atoms. The van der Waals surface area contributed by atoms with Crippen LogP contribution in [0.4, 0.5) is 15.8 Å². The van der Waals surface area contributed by atoms with Gasteiger partial charge < -0.3 is 9.64 Å². The first kappa shape index (κ1) is 16.8. The van der Waals surface area contributed by atoms with Crippen LogP contribution in [-0.2, 0) is 9.53 Å². The number of esters is 1. The summed E-state index contributed by atoms with van der Waals surface area (Å²) in [4.78, 5) is 26.9. The maximum absolute atomic E-state index is 14.3. The molecule has 7 heteroatoms. The zero-order valence-corrected chi connectivity index (χ0v) is 14.0. The summed E-state index contributed by atoms with van der Waals surface area (Å²) in [5.41, 5.74) is -0.0431. The fourth-order valence-electron chi connectivity index (χ4n) is 3.71. The molecule has 0 spiro atoms. The molecule has 0 radical (unpaired) electrons. The smallest absolute Gasteiger partial charge is 0.326 e. The first-order chi connectivity index (χ1) is 11.5. The van der Waals surface area contributed by atoms with Crippen molar-refractivity contribution in [2.75, 3.05) is 32.1 Å². The summed E-state index contributed by atoms with van der Waals surface area (Å²) in [5.74, 6) is -0.666. The van der Waals surface area contributed by atoms with Gasteiger partial charge in [-0.25, -0.2) is 0 Å². The summed E-state index contributed by atoms with van der Waals surface area (Å²) in [6, 6.07) is 4.95. The van der Waals surface area contributed by atoms with E-state index < -0.39 is 11.4 Å². The molecule has 1 aromatic rings. The van der Waals surface area contributed by atoms with Crippen LogP contribution in [0.1, 0.15) is 25.7 Å². The second-order valence-electron chi connectivity index (χ2n) is 6.59. The summed E-state index contributed by atoms with van der Waals surface area (Å²) in [6.45, 7) is 1.57. The number of rotatable bonds is 5. The van der Waals surface area contributed by atoms with Crippen molar-refractivity contribution in [1.82, 2.24) is 4.90 Å². The van der Waals surface area contributed by atoms with Crippen LogP contribution < -0.4 is 10.1 Å². The van der Waals surface area contributed by atoms with Crippen molar-refractivity contribution in [3.63, 3.8) is 0 Å². The molecule has 2 aliphatic rings. The Morgan fingerprint density at radius 1 is 1.38 bits per heavy atom. The first-order valence-electron chi connectivity index (χ1n) is 8.26. The van der Waals surface area contributed by atoms with Crippen LogP contribution in [0.3, 0.4) is 0 Å². The van der Waals surface area contributed by atoms with Gasteiger partial charge in [0.05, 0.1) is 12.8 Å². The molecule has 1 saturated carbocycles. The lowest BCUT2D eigenvalue weighted by molar-refractivity contribution is -0.382. The average Bonchev–Trinajstić information content (AvgIpc) is 3.43. The van der Waals surface area contributed by atoms with Gasteiger partial charge in [-0.05, 0) is 31.7 Å². The number of nitrogens with zero attached hydrogens (tertiary/aromatic N) is 2. The third kappa shape index (κ3) is 2.77. The molecule has 1 aromatic carbocycles. The maximum atomic E-state index is 14.3. The Labute approximate surface area is 140 Å². The van der Waals surface area contributed by atoms with E-state index in [0.29, 0.717) is 5.69 Å². The Hall–Kier alpha value is -2.02. The van der Waals surface area contributed by atoms with Gasteiger partial charge in [0.15, 0.2) is 0 Å². The highest BCUT2D eigenvalue weighted by molar-refractivity contribution is 5.84. The van der Waals surface area contributed by atoms with Crippen molar-refractivity contribution >= 4 is 17.3 Å². The van der Waals surface area contributed by atoms with E-state index in [-0.39, 0.29) is 17.7 Å². The van der Waals surface area contributed by atoms with Crippen molar-refractivity contribution in [3.8, 4) is 0 Å². The highest BCUT2D eigenvalue weighted by Crippen LogP contribution is 2.44. The molecule has 1 N–H and O–H groups in total. The Morgan fingerprint density at radius 2 is 2.04 bits per heavy atom. The van der Waals surface area contributed by atoms with Crippen LogP contribution in [0.5, 0.6) is 0 Å². The summed E-state index contributed by atoms with van der Waals surface area (Å²) in [6.07, 6.45) is 3.38. The Kier molecular flexibility index (Phi) is 4.54. The fraction of sp³-hybridized carbons (Fsp3) is 0.588. The van der Waals surface area contributed by atoms with Gasteiger partial charge in [-0.1, -0.05) is 6.07 Å². The predicted octanol–water partition coefficient (Wildman–Crippen LogP) is 0.910. The number of carbonyl (C=O) groups excluding carboxylic acids is 1. The first-order valence-corrected chi connectivity index (χ1v) is 8.26. The molecule has 0 atom stereocenters. The molecule has 3 rings (SSSR count). The molecule has 0 amide bonds. The molecular weight excluding hydrogens is 313 g/mol. The third-order valence-corrected chi connectivity index (χ3v) is 5.37. The molecule has 6 nitrogen and oxygen atoms in total. The summed E-state index contributed by atoms with van der Waals surface area (Å²) in [5, 5.41) is 1.64. The number of benzene rings is 1. The van der Waals surface area contributed by atoms with Gasteiger partial charge in [0.25, 0.3) is 5.69 Å². The topological polar surface area (TPSA) is 63.8 Å². The van der Waals surface area contributed by atoms with Crippen LogP contribution in [0.25, 0.3) is 0 Å². The minimum absolute atomic E-state index is 0.0422. The van der Waals surface area contributed by atoms with Gasteiger partial charge in [-0.15, -0.1) is 0 Å². The van der Waals surface area contributed by atoms with E-state index in [1.165, 1.54) is 13.2 Å². The summed E-state index contributed by atoms with van der Waals surface area (Å²) in [7, 11) is 3.28. The third-order valence-electron chi connectivity index (χ3n) is 5.37. The second-order valence-corrected chi connectivity index (χ2v) is 6.59. The van der Waals surface area contributed by atoms with E-state index in [0.717, 1.165) is 38.8 Å². The van der Waals surface area contributed by atoms with Crippen LogP contribution in [0, 0.1) is 10.7 Å². The molecular formula is C17H23FN3O3+. The van der Waals surface area contributed by atoms with E-state index >= 15 is 0 Å². The van der Waals surface area contributed by atoms with Crippen molar-refractivity contribution < 1.29 is 19.1 Å². The summed E-state index contributed by atoms with van der Waals surface area (Å²) >= 11 is 0. The van der Waals surface area contributed by atoms with Crippen molar-refractivity contribution in [1.29, 1.82) is 0 Å². The molecule has 1 heterocycles. The molecule has 0 bridgehead atoms. The zero-order valence-electron chi connectivity index (χ0n) is 14.0. The molecule has 1 aliphatic heterocycles. The lowest BCUT2D eigenvalue weighted by Gasteiger charge is -2.40. The molecule has 0 unspecified atom stereocenters. The SMILES string of the molecule is COC(=O)C1(N2CCC(N(C)c3cccc([NH+]=O)c3F)CC2)CC1. The number of anilines is 1. The summed E-state index contributed by atoms with van der Waals surface area (Å²) < 4.78 is 19.3. The number of nitrogens with one attached hydrogen (secondary N) is 1. The zero-order chi connectivity index (χ0) is 17.3. The Bertz CT molecular complexity index is 640. The number of carbonyl (C=O) groups is 1. The van der Waals surface area contributed by atoms with E-state index in [2.05, 4.69) is 4.90 Å². The predicted molar refractivity (Wildman–Crippen MR) is 87.4 cm³/mol. The normalized spacial score (nSPS) is 20.5. The van der Waals surface area contributed by atoms with Crippen molar-refractivity contribution in [2.24, 2.45) is 0 Å². The average molecular weight is 336 g/mol. The highest BCUT2D eigenvalue weighted by Gasteiger charge is 2.56. The van der Waals surface area contributed by atoms with Crippen LogP contribution >= 0.6 is 0 Å². The van der Waals surface area contributed by atoms with Gasteiger partial charge in [-0.2, -0.15) is 4.39 Å². The van der Waals surface area contributed by atoms with E-state index in [1.54, 1.807) is 17.3 Å². The number of halogens is 1. The molecule has 130 valence electrons. The number of hydrogen-bond acceptors (Lipinski definition) is 5. The number of likely N-dealkylation sites (tertiary alicyclic amines) is 1. The fourth-order valence-corrected chi connectivity index (χ4v) is 3.71. The van der Waals surface area contributed by atoms with Crippen LogP contribution in [-0.4, -0.2) is 49.7 Å². The van der Waals surface area contributed by atoms with Gasteiger partial charge >= 0.3 is 5.97 Å². The lowest BCUT2D eigenvalue weighted by atomic mass is 10.00. The van der Waals surface area contributed by atoms with Crippen LogP contribution in [0.15, 0.2) is 18.2 Å². The maximum Gasteiger partial charge on any atom is 0.326 e. The number of methoxy groups -OCH3 is 1. The number of ether oxygens (including phenoxy) is 1. The Morgan fingerprint density at radius 3 is 2.58 bits per heavy atom. The van der Waals surface area contributed by atoms with E-state index in [4.69, 9.17) is 4.74 Å². The number of nitroso groups, excluding NO2 is 1. The standard InChI is InChI=1S/C17H22FN3O3/c1-20(14-5-3-4-13(19-23)15(14)18)12-6-10-21(11-7-12)17(8-9-17)16(22)24-2/h3-5,12H,6-11H2,1-2H3/p+1. The van der Waals surface area contributed by atoms with Crippen molar-refractivity contribution in [2.45, 2.75) is 37.3 Å². The van der Waals surface area contributed by atoms with E-state index in [1.807, 2.05) is 11.9 Å². The number of hydrogen-bond donors (Lipinski definition) is 1. The van der Waals surface area contributed by atoms with Gasteiger partial charge in [0.2, 0.25) is 5.82 Å². The highest BCUT2D eigenvalue weighted by atomic mass is 19.1. The largest absolute Gasteiger partial charge is 0.468 e. The Balaban J connectivity index is 1.67. The molecule has 0 aromatic heterocycles. The number of piperidine rings is 1. The van der Waals surface area contributed by atoms with Gasteiger partial charge in [0, 0.05) is 42.3 Å². The monoisotopic (exact) mass is 336 g/mol. The molecule has 1 saturated heterocycles. The molecule has 1 aliphatic carbocycles. The van der Waals surface area contributed by atoms with Crippen molar-refractivity contribution in [3.05, 3.63) is 28.9 Å².